The van der Waals surface area contributed by atoms with Crippen molar-refractivity contribution < 1.29 is 4.74 Å². The fraction of sp³-hybridized carbons (Fsp3) is 0.833. The van der Waals surface area contributed by atoms with Crippen molar-refractivity contribution >= 4 is 17.7 Å². The topological polar surface area (TPSA) is 43.2 Å². The molecule has 1 fully saturated rings. The minimum Gasteiger partial charge on any atom is -0.378 e. The van der Waals surface area contributed by atoms with Gasteiger partial charge in [0.05, 0.1) is 13.2 Å². The van der Waals surface area contributed by atoms with E-state index in [-0.39, 0.29) is 0 Å². The third kappa shape index (κ3) is 3.17. The third-order valence-electron chi connectivity index (χ3n) is 2.85. The van der Waals surface area contributed by atoms with Gasteiger partial charge in [-0.3, -0.25) is 4.57 Å². The summed E-state index contributed by atoms with van der Waals surface area (Å²) < 4.78 is 7.58. The predicted octanol–water partition coefficient (Wildman–Crippen LogP) is 1.88. The third-order valence-corrected chi connectivity index (χ3v) is 4.25. The number of anilines is 1. The smallest absolute Gasteiger partial charge is 0.228 e. The zero-order valence-corrected chi connectivity index (χ0v) is 12.2. The fourth-order valence-electron chi connectivity index (χ4n) is 1.90. The van der Waals surface area contributed by atoms with Crippen LogP contribution in [0.4, 0.5) is 5.95 Å². The van der Waals surface area contributed by atoms with E-state index in [1.165, 1.54) is 0 Å². The van der Waals surface area contributed by atoms with Crippen molar-refractivity contribution in [2.45, 2.75) is 32.5 Å². The Hall–Kier alpha value is -0.750. The summed E-state index contributed by atoms with van der Waals surface area (Å²) in [5, 5.41) is 9.71. The first-order valence-corrected chi connectivity index (χ1v) is 7.59. The van der Waals surface area contributed by atoms with Crippen LogP contribution in [0.3, 0.4) is 0 Å². The molecule has 0 atom stereocenters. The van der Waals surface area contributed by atoms with Gasteiger partial charge in [-0.15, -0.1) is 10.2 Å². The lowest BCUT2D eigenvalue weighted by Gasteiger charge is -2.27. The molecule has 5 nitrogen and oxygen atoms in total. The van der Waals surface area contributed by atoms with Gasteiger partial charge in [0, 0.05) is 25.4 Å². The number of aromatic nitrogens is 3. The molecule has 6 heteroatoms. The van der Waals surface area contributed by atoms with E-state index >= 15 is 0 Å². The molecule has 0 saturated carbocycles. The maximum absolute atomic E-state index is 5.38. The van der Waals surface area contributed by atoms with Crippen LogP contribution in [0.15, 0.2) is 5.16 Å². The highest BCUT2D eigenvalue weighted by atomic mass is 32.2. The molecule has 18 heavy (non-hydrogen) atoms. The van der Waals surface area contributed by atoms with Crippen molar-refractivity contribution in [3.63, 3.8) is 0 Å². The molecule has 0 amide bonds. The summed E-state index contributed by atoms with van der Waals surface area (Å²) >= 11 is 1.80. The Balaban J connectivity index is 2.10. The molecule has 2 rings (SSSR count). The summed E-state index contributed by atoms with van der Waals surface area (Å²) in [4.78, 5) is 2.26. The van der Waals surface area contributed by atoms with E-state index in [0.717, 1.165) is 49.7 Å². The van der Waals surface area contributed by atoms with E-state index < -0.39 is 0 Å². The number of ether oxygens (including phenoxy) is 1. The van der Waals surface area contributed by atoms with Crippen LogP contribution in [-0.4, -0.2) is 46.8 Å². The van der Waals surface area contributed by atoms with Crippen LogP contribution in [0.1, 0.15) is 20.8 Å². The Morgan fingerprint density at radius 2 is 2.00 bits per heavy atom. The minimum atomic E-state index is 0.670. The Labute approximate surface area is 113 Å². The van der Waals surface area contributed by atoms with Crippen LogP contribution in [0.5, 0.6) is 0 Å². The molecule has 0 radical (unpaired) electrons. The van der Waals surface area contributed by atoms with Crippen LogP contribution >= 0.6 is 11.8 Å². The first kappa shape index (κ1) is 13.7. The van der Waals surface area contributed by atoms with Gasteiger partial charge in [0.25, 0.3) is 0 Å². The Morgan fingerprint density at radius 1 is 1.28 bits per heavy atom. The van der Waals surface area contributed by atoms with E-state index in [2.05, 4.69) is 40.4 Å². The summed E-state index contributed by atoms with van der Waals surface area (Å²) in [5.74, 6) is 2.75. The van der Waals surface area contributed by atoms with Crippen molar-refractivity contribution in [1.29, 1.82) is 0 Å². The standard InChI is InChI=1S/C12H22N4OS/c1-4-16-11(15-5-7-17-8-6-15)13-14-12(16)18-9-10(2)3/h10H,4-9H2,1-3H3. The van der Waals surface area contributed by atoms with E-state index in [1.807, 2.05) is 0 Å². The zero-order valence-electron chi connectivity index (χ0n) is 11.4. The molecule has 1 aromatic heterocycles. The summed E-state index contributed by atoms with van der Waals surface area (Å²) in [7, 11) is 0. The molecule has 0 N–H and O–H groups in total. The minimum absolute atomic E-state index is 0.670. The van der Waals surface area contributed by atoms with Crippen LogP contribution in [-0.2, 0) is 11.3 Å². The van der Waals surface area contributed by atoms with E-state index in [0.29, 0.717) is 5.92 Å². The molecule has 1 aromatic rings. The van der Waals surface area contributed by atoms with E-state index in [9.17, 15) is 0 Å². The lowest BCUT2D eigenvalue weighted by Crippen LogP contribution is -2.38. The number of thioether (sulfide) groups is 1. The van der Waals surface area contributed by atoms with Crippen molar-refractivity contribution in [1.82, 2.24) is 14.8 Å². The van der Waals surface area contributed by atoms with Gasteiger partial charge >= 0.3 is 0 Å². The highest BCUT2D eigenvalue weighted by Crippen LogP contribution is 2.23. The second-order valence-corrected chi connectivity index (χ2v) is 5.82. The first-order chi connectivity index (χ1) is 8.72. The Morgan fingerprint density at radius 3 is 2.61 bits per heavy atom. The molecule has 1 saturated heterocycles. The Bertz CT molecular complexity index is 374. The van der Waals surface area contributed by atoms with Crippen LogP contribution in [0.25, 0.3) is 0 Å². The predicted molar refractivity (Wildman–Crippen MR) is 74.3 cm³/mol. The molecule has 2 heterocycles. The van der Waals surface area contributed by atoms with E-state index in [4.69, 9.17) is 4.74 Å². The first-order valence-electron chi connectivity index (χ1n) is 6.61. The molecule has 0 aliphatic carbocycles. The van der Waals surface area contributed by atoms with Gasteiger partial charge in [0.1, 0.15) is 0 Å². The number of rotatable bonds is 5. The lowest BCUT2D eigenvalue weighted by atomic mass is 10.3. The molecular formula is C12H22N4OS. The largest absolute Gasteiger partial charge is 0.378 e. The molecule has 1 aliphatic heterocycles. The second kappa shape index (κ2) is 6.43. The Kier molecular flexibility index (Phi) is 4.88. The van der Waals surface area contributed by atoms with Gasteiger partial charge in [-0.05, 0) is 12.8 Å². The van der Waals surface area contributed by atoms with Crippen molar-refractivity contribution in [3.8, 4) is 0 Å². The molecular weight excluding hydrogens is 248 g/mol. The number of morpholine rings is 1. The van der Waals surface area contributed by atoms with E-state index in [1.54, 1.807) is 11.8 Å². The van der Waals surface area contributed by atoms with Crippen molar-refractivity contribution in [3.05, 3.63) is 0 Å². The van der Waals surface area contributed by atoms with Gasteiger partial charge in [0.15, 0.2) is 5.16 Å². The molecule has 102 valence electrons. The number of hydrogen-bond donors (Lipinski definition) is 0. The molecule has 0 spiro atoms. The van der Waals surface area contributed by atoms with Gasteiger partial charge < -0.3 is 9.64 Å². The lowest BCUT2D eigenvalue weighted by molar-refractivity contribution is 0.121. The highest BCUT2D eigenvalue weighted by molar-refractivity contribution is 7.99. The summed E-state index contributed by atoms with van der Waals surface area (Å²) in [6, 6.07) is 0. The van der Waals surface area contributed by atoms with Gasteiger partial charge in [-0.2, -0.15) is 0 Å². The van der Waals surface area contributed by atoms with Crippen LogP contribution in [0.2, 0.25) is 0 Å². The monoisotopic (exact) mass is 270 g/mol. The van der Waals surface area contributed by atoms with Gasteiger partial charge in [-0.1, -0.05) is 25.6 Å². The van der Waals surface area contributed by atoms with Crippen LogP contribution < -0.4 is 4.90 Å². The van der Waals surface area contributed by atoms with Gasteiger partial charge in [0.2, 0.25) is 5.95 Å². The molecule has 0 unspecified atom stereocenters. The van der Waals surface area contributed by atoms with Crippen molar-refractivity contribution in [2.24, 2.45) is 5.92 Å². The number of hydrogen-bond acceptors (Lipinski definition) is 5. The fourth-order valence-corrected chi connectivity index (χ4v) is 2.85. The normalized spacial score (nSPS) is 16.6. The zero-order chi connectivity index (χ0) is 13.0. The van der Waals surface area contributed by atoms with Gasteiger partial charge in [-0.25, -0.2) is 0 Å². The SMILES string of the molecule is CCn1c(SCC(C)C)nnc1N1CCOCC1. The summed E-state index contributed by atoms with van der Waals surface area (Å²) in [5.41, 5.74) is 0. The maximum atomic E-state index is 5.38. The summed E-state index contributed by atoms with van der Waals surface area (Å²) in [6.45, 7) is 10.9. The number of nitrogens with zero attached hydrogens (tertiary/aromatic N) is 4. The molecule has 0 bridgehead atoms. The highest BCUT2D eigenvalue weighted by Gasteiger charge is 2.19. The van der Waals surface area contributed by atoms with Crippen molar-refractivity contribution in [2.75, 3.05) is 37.0 Å². The summed E-state index contributed by atoms with van der Waals surface area (Å²) in [6.07, 6.45) is 0. The maximum Gasteiger partial charge on any atom is 0.228 e. The second-order valence-electron chi connectivity index (χ2n) is 4.83. The average molecular weight is 270 g/mol. The molecule has 0 aromatic carbocycles. The molecule has 1 aliphatic rings. The quantitative estimate of drug-likeness (QED) is 0.764. The average Bonchev–Trinajstić information content (AvgIpc) is 2.80. The van der Waals surface area contributed by atoms with Crippen LogP contribution in [0, 0.1) is 5.92 Å².